The number of ether oxygens (including phenoxy) is 1. The molecule has 4 nitrogen and oxygen atoms in total. The van der Waals surface area contributed by atoms with Crippen molar-refractivity contribution in [3.05, 3.63) is 52.9 Å². The Labute approximate surface area is 263 Å². The van der Waals surface area contributed by atoms with Crippen molar-refractivity contribution in [2.24, 2.45) is 16.6 Å². The van der Waals surface area contributed by atoms with Gasteiger partial charge in [-0.2, -0.15) is 22.0 Å². The minimum Gasteiger partial charge on any atom is -0.434 e. The lowest BCUT2D eigenvalue weighted by molar-refractivity contribution is -0.928. The number of nitrogens with two attached hydrogens (primary N) is 1. The molecule has 0 radical (unpaired) electrons. The highest BCUT2D eigenvalue weighted by molar-refractivity contribution is 5.58. The first-order valence-corrected chi connectivity index (χ1v) is 15.9. The van der Waals surface area contributed by atoms with Gasteiger partial charge in [0.15, 0.2) is 0 Å². The average molecular weight is 639 g/mol. The molecule has 1 heterocycles. The monoisotopic (exact) mass is 638 g/mol. The van der Waals surface area contributed by atoms with E-state index in [1.54, 1.807) is 26.3 Å². The van der Waals surface area contributed by atoms with Gasteiger partial charge in [-0.15, -0.1) is 0 Å². The summed E-state index contributed by atoms with van der Waals surface area (Å²) in [5.74, 6) is 0.286. The number of aliphatic imine (C=N–C) groups is 1. The Morgan fingerprint density at radius 1 is 1.09 bits per heavy atom. The van der Waals surface area contributed by atoms with E-state index in [9.17, 15) is 26.3 Å². The number of halogens is 6. The fraction of sp³-hybridized carbons (Fsp3) is 0.676. The Morgan fingerprint density at radius 3 is 2.20 bits per heavy atom. The maximum atomic E-state index is 13.1. The largest absolute Gasteiger partial charge is 0.434 e. The summed E-state index contributed by atoms with van der Waals surface area (Å²) in [6.45, 7) is 15.6. The zero-order valence-corrected chi connectivity index (χ0v) is 28.6. The number of hydrogen-bond donors (Lipinski definition) is 1. The molecule has 4 atom stereocenters. The van der Waals surface area contributed by atoms with Gasteiger partial charge in [0, 0.05) is 30.1 Å². The van der Waals surface area contributed by atoms with Crippen molar-refractivity contribution in [2.75, 3.05) is 20.1 Å². The number of quaternary nitrogens is 1. The summed E-state index contributed by atoms with van der Waals surface area (Å²) in [6, 6.07) is 2.19. The third-order valence-electron chi connectivity index (χ3n) is 7.24. The molecule has 2 N–H and O–H groups in total. The normalized spacial score (nSPS) is 21.1. The van der Waals surface area contributed by atoms with Crippen LogP contribution in [-0.2, 0) is 6.18 Å². The van der Waals surface area contributed by atoms with Crippen LogP contribution in [0.4, 0.5) is 26.3 Å². The standard InChI is InChI=1S/C20H25F5N3O.C10H21F.2C2H6/c1-13-12-27-8-4-9-28(3,10-7-14(2)26)18(13)16-6-5-15(20(23,24)25)11-17(16)29-19(21)22;1-4-9(3)7-6-8-10(11)5-2;2*1-2/h5-8,11-12,18-19H,4,9-10,26H2,1-3H3;9-10H,4-8H2,1-3H3;2*1-2H3/q+1;;;/b13-12+,14-7+,27-8?;;;. The number of benzene rings is 1. The summed E-state index contributed by atoms with van der Waals surface area (Å²) >= 11 is 0. The molecular formula is C34H58F6N3O+. The van der Waals surface area contributed by atoms with Gasteiger partial charge in [0.1, 0.15) is 11.8 Å². The number of nitrogens with zero attached hydrogens (tertiary/aromatic N) is 2. The SMILES string of the molecule is C/C(N)=C\C[N+]1(C)CCC=N/C=C(\C)C1c1ccc(C(F)(F)F)cc1OC(F)F.CC.CC.CCC(C)CCCC(F)CC. The maximum absolute atomic E-state index is 13.1. The topological polar surface area (TPSA) is 47.6 Å². The van der Waals surface area contributed by atoms with Crippen LogP contribution in [0.5, 0.6) is 5.75 Å². The summed E-state index contributed by atoms with van der Waals surface area (Å²) < 4.78 is 83.0. The van der Waals surface area contributed by atoms with Gasteiger partial charge < -0.3 is 15.0 Å². The number of hydrogen-bond acceptors (Lipinski definition) is 3. The third-order valence-corrected chi connectivity index (χ3v) is 7.24. The number of likely N-dealkylation sites (N-methyl/N-ethyl adjacent to an activating group) is 1. The molecule has 0 amide bonds. The number of allylic oxidation sites excluding steroid dienone is 1. The predicted octanol–water partition coefficient (Wildman–Crippen LogP) is 11.0. The van der Waals surface area contributed by atoms with Gasteiger partial charge in [0.2, 0.25) is 0 Å². The molecule has 4 unspecified atom stereocenters. The van der Waals surface area contributed by atoms with E-state index in [1.807, 2.05) is 47.7 Å². The molecule has 1 aromatic rings. The quantitative estimate of drug-likeness (QED) is 0.194. The lowest BCUT2D eigenvalue weighted by Gasteiger charge is -2.42. The van der Waals surface area contributed by atoms with Crippen LogP contribution in [0.15, 0.2) is 46.7 Å². The van der Waals surface area contributed by atoms with Crippen molar-refractivity contribution in [3.63, 3.8) is 0 Å². The molecule has 1 aromatic carbocycles. The van der Waals surface area contributed by atoms with Crippen LogP contribution in [0.2, 0.25) is 0 Å². The fourth-order valence-corrected chi connectivity index (χ4v) is 4.65. The molecule has 44 heavy (non-hydrogen) atoms. The highest BCUT2D eigenvalue weighted by Gasteiger charge is 2.39. The van der Waals surface area contributed by atoms with E-state index in [0.29, 0.717) is 47.8 Å². The van der Waals surface area contributed by atoms with Crippen LogP contribution >= 0.6 is 0 Å². The van der Waals surface area contributed by atoms with E-state index in [4.69, 9.17) is 5.73 Å². The molecule has 0 aromatic heterocycles. The molecule has 0 aliphatic carbocycles. The maximum Gasteiger partial charge on any atom is 0.416 e. The van der Waals surface area contributed by atoms with Crippen LogP contribution in [0.25, 0.3) is 0 Å². The summed E-state index contributed by atoms with van der Waals surface area (Å²) in [7, 11) is 1.91. The van der Waals surface area contributed by atoms with E-state index >= 15 is 0 Å². The van der Waals surface area contributed by atoms with E-state index in [2.05, 4.69) is 23.6 Å². The Hall–Kier alpha value is -2.49. The Balaban J connectivity index is 0. The van der Waals surface area contributed by atoms with Crippen LogP contribution in [-0.4, -0.2) is 43.6 Å². The van der Waals surface area contributed by atoms with Gasteiger partial charge in [0.05, 0.1) is 37.4 Å². The first-order valence-electron chi connectivity index (χ1n) is 15.9. The van der Waals surface area contributed by atoms with Gasteiger partial charge in [-0.3, -0.25) is 4.99 Å². The summed E-state index contributed by atoms with van der Waals surface area (Å²) in [5.41, 5.74) is 6.29. The van der Waals surface area contributed by atoms with Crippen molar-refractivity contribution in [1.82, 2.24) is 0 Å². The van der Waals surface area contributed by atoms with Gasteiger partial charge in [-0.25, -0.2) is 4.39 Å². The molecule has 1 aliphatic heterocycles. The van der Waals surface area contributed by atoms with Crippen molar-refractivity contribution in [3.8, 4) is 5.75 Å². The molecule has 0 bridgehead atoms. The first kappa shape index (κ1) is 43.6. The lowest BCUT2D eigenvalue weighted by atomic mass is 9.93. The summed E-state index contributed by atoms with van der Waals surface area (Å²) in [5, 5.41) is 0. The highest BCUT2D eigenvalue weighted by atomic mass is 19.4. The fourth-order valence-electron chi connectivity index (χ4n) is 4.65. The van der Waals surface area contributed by atoms with Gasteiger partial charge in [-0.1, -0.05) is 67.7 Å². The smallest absolute Gasteiger partial charge is 0.416 e. The summed E-state index contributed by atoms with van der Waals surface area (Å²) in [6.07, 6.45) is 5.47. The molecule has 256 valence electrons. The van der Waals surface area contributed by atoms with Crippen LogP contribution in [0.3, 0.4) is 0 Å². The molecule has 2 rings (SSSR count). The third kappa shape index (κ3) is 16.5. The Bertz CT molecular complexity index is 980. The molecular weight excluding hydrogens is 580 g/mol. The minimum absolute atomic E-state index is 0.245. The van der Waals surface area contributed by atoms with E-state index in [1.165, 1.54) is 18.9 Å². The van der Waals surface area contributed by atoms with E-state index in [0.717, 1.165) is 24.8 Å². The molecule has 0 fully saturated rings. The van der Waals surface area contributed by atoms with Crippen LogP contribution in [0, 0.1) is 5.92 Å². The second-order valence-electron chi connectivity index (χ2n) is 10.8. The summed E-state index contributed by atoms with van der Waals surface area (Å²) in [4.78, 5) is 4.19. The zero-order valence-electron chi connectivity index (χ0n) is 28.6. The average Bonchev–Trinajstić information content (AvgIpc) is 2.97. The van der Waals surface area contributed by atoms with Gasteiger partial charge in [0.25, 0.3) is 0 Å². The van der Waals surface area contributed by atoms with Crippen molar-refractivity contribution in [2.45, 2.75) is 126 Å². The van der Waals surface area contributed by atoms with Crippen molar-refractivity contribution in [1.29, 1.82) is 0 Å². The van der Waals surface area contributed by atoms with Crippen molar-refractivity contribution >= 4 is 6.21 Å². The second-order valence-corrected chi connectivity index (χ2v) is 10.8. The predicted molar refractivity (Wildman–Crippen MR) is 173 cm³/mol. The Kier molecular flexibility index (Phi) is 22.7. The highest BCUT2D eigenvalue weighted by Crippen LogP contribution is 2.42. The van der Waals surface area contributed by atoms with E-state index in [-0.39, 0.29) is 5.56 Å². The lowest BCUT2D eigenvalue weighted by Crippen LogP contribution is -2.49. The zero-order chi connectivity index (χ0) is 34.5. The molecule has 0 spiro atoms. The number of alkyl halides is 6. The van der Waals surface area contributed by atoms with Crippen LogP contribution in [0.1, 0.15) is 118 Å². The molecule has 0 saturated heterocycles. The first-order chi connectivity index (χ1) is 20.6. The van der Waals surface area contributed by atoms with Crippen LogP contribution < -0.4 is 10.5 Å². The Morgan fingerprint density at radius 2 is 1.70 bits per heavy atom. The number of rotatable bonds is 11. The minimum atomic E-state index is -4.67. The van der Waals surface area contributed by atoms with Gasteiger partial charge >= 0.3 is 12.8 Å². The second kappa shape index (κ2) is 22.9. The molecule has 1 aliphatic rings. The molecule has 10 heteroatoms. The molecule has 0 saturated carbocycles. The van der Waals surface area contributed by atoms with E-state index < -0.39 is 36.3 Å². The van der Waals surface area contributed by atoms with Gasteiger partial charge in [-0.05, 0) is 56.9 Å². The van der Waals surface area contributed by atoms with Crippen molar-refractivity contribution < 1.29 is 35.6 Å².